The van der Waals surface area contributed by atoms with Crippen molar-refractivity contribution < 1.29 is 13.2 Å². The number of para-hydroxylation sites is 1. The molecule has 1 atom stereocenters. The number of amides is 1. The molecule has 0 aliphatic carbocycles. The second-order valence-corrected chi connectivity index (χ2v) is 5.86. The molecule has 0 spiro atoms. The highest BCUT2D eigenvalue weighted by Gasteiger charge is 2.19. The smallest absolute Gasteiger partial charge is 0.242 e. The third-order valence-corrected chi connectivity index (χ3v) is 4.17. The minimum absolute atomic E-state index is 0.0504. The van der Waals surface area contributed by atoms with E-state index in [0.717, 1.165) is 0 Å². The second-order valence-electron chi connectivity index (χ2n) is 4.12. The lowest BCUT2D eigenvalue weighted by Gasteiger charge is -2.14. The highest BCUT2D eigenvalue weighted by Crippen LogP contribution is 2.21. The fraction of sp³-hybridized carbons (Fsp3) is 0.417. The Morgan fingerprint density at radius 2 is 2.00 bits per heavy atom. The molecule has 0 radical (unpaired) electrons. The van der Waals surface area contributed by atoms with Crippen LogP contribution in [-0.4, -0.2) is 27.4 Å². The fourth-order valence-corrected chi connectivity index (χ4v) is 2.64. The van der Waals surface area contributed by atoms with Gasteiger partial charge in [0.2, 0.25) is 15.9 Å². The first-order valence-electron chi connectivity index (χ1n) is 6.02. The first-order chi connectivity index (χ1) is 8.92. The van der Waals surface area contributed by atoms with Gasteiger partial charge >= 0.3 is 0 Å². The molecule has 6 nitrogen and oxygen atoms in total. The van der Waals surface area contributed by atoms with Crippen LogP contribution >= 0.6 is 0 Å². The predicted molar refractivity (Wildman–Crippen MR) is 74.2 cm³/mol. The number of benzene rings is 1. The van der Waals surface area contributed by atoms with Crippen LogP contribution in [0.15, 0.2) is 29.2 Å². The third-order valence-electron chi connectivity index (χ3n) is 2.57. The van der Waals surface area contributed by atoms with Crippen molar-refractivity contribution in [2.24, 2.45) is 11.7 Å². The average molecular weight is 285 g/mol. The van der Waals surface area contributed by atoms with Crippen molar-refractivity contribution in [1.82, 2.24) is 4.72 Å². The van der Waals surface area contributed by atoms with Crippen molar-refractivity contribution in [1.29, 1.82) is 0 Å². The molecule has 4 N–H and O–H groups in total. The van der Waals surface area contributed by atoms with E-state index in [9.17, 15) is 13.2 Å². The maximum atomic E-state index is 12.0. The summed E-state index contributed by atoms with van der Waals surface area (Å²) in [5.41, 5.74) is 5.66. The van der Waals surface area contributed by atoms with Crippen molar-refractivity contribution in [2.75, 3.05) is 18.4 Å². The molecule has 0 aromatic heterocycles. The van der Waals surface area contributed by atoms with Crippen molar-refractivity contribution in [3.63, 3.8) is 0 Å². The van der Waals surface area contributed by atoms with Crippen molar-refractivity contribution in [2.45, 2.75) is 18.7 Å². The zero-order chi connectivity index (χ0) is 14.5. The molecule has 0 aliphatic heterocycles. The summed E-state index contributed by atoms with van der Waals surface area (Å²) < 4.78 is 26.4. The number of carbonyl (C=O) groups is 1. The van der Waals surface area contributed by atoms with Gasteiger partial charge in [0.15, 0.2) is 0 Å². The lowest BCUT2D eigenvalue weighted by molar-refractivity contribution is -0.119. The van der Waals surface area contributed by atoms with Crippen molar-refractivity contribution in [3.05, 3.63) is 24.3 Å². The van der Waals surface area contributed by atoms with Gasteiger partial charge in [-0.2, -0.15) is 0 Å². The quantitative estimate of drug-likeness (QED) is 0.709. The number of hydrogen-bond acceptors (Lipinski definition) is 4. The predicted octanol–water partition coefficient (Wildman–Crippen LogP) is 0.518. The Morgan fingerprint density at radius 1 is 1.37 bits per heavy atom. The summed E-state index contributed by atoms with van der Waals surface area (Å²) in [6.07, 6.45) is 0. The average Bonchev–Trinajstić information content (AvgIpc) is 2.38. The SMILES string of the molecule is CCNS(=O)(=O)c1ccccc1NC(=O)C(C)CN. The molecule has 1 aromatic rings. The molecule has 0 bridgehead atoms. The Bertz CT molecular complexity index is 543. The van der Waals surface area contributed by atoms with E-state index in [0.29, 0.717) is 0 Å². The Balaban J connectivity index is 3.07. The number of rotatable bonds is 6. The number of nitrogens with two attached hydrogens (primary N) is 1. The van der Waals surface area contributed by atoms with Crippen LogP contribution < -0.4 is 15.8 Å². The molecule has 1 amide bonds. The van der Waals surface area contributed by atoms with Crippen LogP contribution in [0.4, 0.5) is 5.69 Å². The van der Waals surface area contributed by atoms with E-state index < -0.39 is 10.0 Å². The van der Waals surface area contributed by atoms with E-state index in [1.54, 1.807) is 32.0 Å². The zero-order valence-corrected chi connectivity index (χ0v) is 11.8. The van der Waals surface area contributed by atoms with Gasteiger partial charge in [-0.05, 0) is 12.1 Å². The third kappa shape index (κ3) is 4.02. The number of nitrogens with one attached hydrogen (secondary N) is 2. The summed E-state index contributed by atoms with van der Waals surface area (Å²) in [7, 11) is -3.62. The zero-order valence-electron chi connectivity index (χ0n) is 11.0. The second kappa shape index (κ2) is 6.65. The van der Waals surface area contributed by atoms with Gasteiger partial charge in [-0.25, -0.2) is 13.1 Å². The number of sulfonamides is 1. The van der Waals surface area contributed by atoms with E-state index in [2.05, 4.69) is 10.0 Å². The van der Waals surface area contributed by atoms with E-state index in [4.69, 9.17) is 5.73 Å². The maximum Gasteiger partial charge on any atom is 0.242 e. The molecule has 0 saturated carbocycles. The topological polar surface area (TPSA) is 101 Å². The molecule has 19 heavy (non-hydrogen) atoms. The Kier molecular flexibility index (Phi) is 5.46. The van der Waals surface area contributed by atoms with Gasteiger partial charge in [-0.15, -0.1) is 0 Å². The summed E-state index contributed by atoms with van der Waals surface area (Å²) >= 11 is 0. The number of hydrogen-bond donors (Lipinski definition) is 3. The van der Waals surface area contributed by atoms with Crippen LogP contribution in [0, 0.1) is 5.92 Å². The van der Waals surface area contributed by atoms with Gasteiger partial charge < -0.3 is 11.1 Å². The monoisotopic (exact) mass is 285 g/mol. The van der Waals surface area contributed by atoms with E-state index in [-0.39, 0.29) is 35.5 Å². The number of carbonyl (C=O) groups excluding carboxylic acids is 1. The summed E-state index contributed by atoms with van der Waals surface area (Å²) in [5, 5.41) is 2.59. The molecule has 1 aromatic carbocycles. The molecule has 0 aliphatic rings. The summed E-state index contributed by atoms with van der Waals surface area (Å²) in [4.78, 5) is 11.8. The minimum atomic E-state index is -3.62. The Hall–Kier alpha value is -1.44. The molecular weight excluding hydrogens is 266 g/mol. The van der Waals surface area contributed by atoms with E-state index in [1.807, 2.05) is 0 Å². The van der Waals surface area contributed by atoms with E-state index >= 15 is 0 Å². The minimum Gasteiger partial charge on any atom is -0.330 e. The lowest BCUT2D eigenvalue weighted by Crippen LogP contribution is -2.29. The Morgan fingerprint density at radius 3 is 2.58 bits per heavy atom. The fourth-order valence-electron chi connectivity index (χ4n) is 1.43. The van der Waals surface area contributed by atoms with Crippen LogP contribution in [0.1, 0.15) is 13.8 Å². The van der Waals surface area contributed by atoms with Crippen LogP contribution in [0.3, 0.4) is 0 Å². The molecule has 0 fully saturated rings. The van der Waals surface area contributed by atoms with E-state index in [1.165, 1.54) is 6.07 Å². The van der Waals surface area contributed by atoms with Gasteiger partial charge in [-0.3, -0.25) is 4.79 Å². The highest BCUT2D eigenvalue weighted by atomic mass is 32.2. The largest absolute Gasteiger partial charge is 0.330 e. The molecule has 106 valence electrons. The van der Waals surface area contributed by atoms with Gasteiger partial charge in [-0.1, -0.05) is 26.0 Å². The molecule has 1 rings (SSSR count). The van der Waals surface area contributed by atoms with Crippen LogP contribution in [-0.2, 0) is 14.8 Å². The lowest BCUT2D eigenvalue weighted by atomic mass is 10.1. The van der Waals surface area contributed by atoms with Gasteiger partial charge in [0, 0.05) is 19.0 Å². The van der Waals surface area contributed by atoms with Crippen molar-refractivity contribution >= 4 is 21.6 Å². The Labute approximate surface area is 113 Å². The molecule has 0 heterocycles. The summed E-state index contributed by atoms with van der Waals surface area (Å²) in [6, 6.07) is 6.26. The summed E-state index contributed by atoms with van der Waals surface area (Å²) in [6.45, 7) is 3.85. The highest BCUT2D eigenvalue weighted by molar-refractivity contribution is 7.89. The molecule has 1 unspecified atom stereocenters. The van der Waals surface area contributed by atoms with Gasteiger partial charge in [0.1, 0.15) is 4.90 Å². The van der Waals surface area contributed by atoms with Crippen LogP contribution in [0.2, 0.25) is 0 Å². The molecule has 7 heteroatoms. The van der Waals surface area contributed by atoms with Gasteiger partial charge in [0.05, 0.1) is 5.69 Å². The molecule has 0 saturated heterocycles. The first kappa shape index (κ1) is 15.6. The van der Waals surface area contributed by atoms with Crippen LogP contribution in [0.25, 0.3) is 0 Å². The van der Waals surface area contributed by atoms with Crippen molar-refractivity contribution in [3.8, 4) is 0 Å². The first-order valence-corrected chi connectivity index (χ1v) is 7.50. The standard InChI is InChI=1S/C12H19N3O3S/c1-3-14-19(17,18)11-7-5-4-6-10(11)15-12(16)9(2)8-13/h4-7,9,14H,3,8,13H2,1-2H3,(H,15,16). The van der Waals surface area contributed by atoms with Gasteiger partial charge in [0.25, 0.3) is 0 Å². The number of anilines is 1. The normalized spacial score (nSPS) is 13.0. The molecular formula is C12H19N3O3S. The summed E-state index contributed by atoms with van der Waals surface area (Å²) in [5.74, 6) is -0.684. The maximum absolute atomic E-state index is 12.0. The van der Waals surface area contributed by atoms with Crippen LogP contribution in [0.5, 0.6) is 0 Å².